The van der Waals surface area contributed by atoms with Gasteiger partial charge in [-0.2, -0.15) is 8.78 Å². The first kappa shape index (κ1) is 13.9. The van der Waals surface area contributed by atoms with Crippen molar-refractivity contribution in [2.45, 2.75) is 6.61 Å². The van der Waals surface area contributed by atoms with Gasteiger partial charge in [-0.15, -0.1) is 0 Å². The molecule has 0 unspecified atom stereocenters. The lowest BCUT2D eigenvalue weighted by Gasteiger charge is -2.07. The lowest BCUT2D eigenvalue weighted by Crippen LogP contribution is -2.06. The number of para-hydroxylation sites is 1. The van der Waals surface area contributed by atoms with E-state index in [-0.39, 0.29) is 17.1 Å². The number of ketones is 1. The number of benzene rings is 2. The molecule has 0 spiro atoms. The van der Waals surface area contributed by atoms with Gasteiger partial charge in [0.1, 0.15) is 5.75 Å². The second-order valence-corrected chi connectivity index (χ2v) is 3.98. The second kappa shape index (κ2) is 6.61. The molecule has 0 saturated carbocycles. The van der Waals surface area contributed by atoms with Gasteiger partial charge < -0.3 is 4.74 Å². The van der Waals surface area contributed by atoms with Crippen LogP contribution in [0.4, 0.5) is 8.78 Å². The lowest BCUT2D eigenvalue weighted by atomic mass is 10.1. The van der Waals surface area contributed by atoms with E-state index in [4.69, 9.17) is 0 Å². The first-order chi connectivity index (χ1) is 9.66. The predicted molar refractivity (Wildman–Crippen MR) is 72.9 cm³/mol. The molecule has 0 saturated heterocycles. The molecule has 20 heavy (non-hydrogen) atoms. The maximum atomic E-state index is 12.3. The zero-order valence-electron chi connectivity index (χ0n) is 10.5. The molecule has 0 aliphatic carbocycles. The fraction of sp³-hybridized carbons (Fsp3) is 0.0625. The fourth-order valence-corrected chi connectivity index (χ4v) is 1.69. The van der Waals surface area contributed by atoms with Crippen molar-refractivity contribution in [3.8, 4) is 5.75 Å². The van der Waals surface area contributed by atoms with Crippen molar-refractivity contribution in [1.82, 2.24) is 0 Å². The van der Waals surface area contributed by atoms with Crippen LogP contribution in [0.2, 0.25) is 0 Å². The van der Waals surface area contributed by atoms with Crippen LogP contribution in [0.15, 0.2) is 60.7 Å². The Morgan fingerprint density at radius 3 is 2.35 bits per heavy atom. The van der Waals surface area contributed by atoms with Crippen LogP contribution in [0.3, 0.4) is 0 Å². The maximum Gasteiger partial charge on any atom is 0.387 e. The molecule has 0 atom stereocenters. The van der Waals surface area contributed by atoms with Gasteiger partial charge in [-0.1, -0.05) is 48.5 Å². The quantitative estimate of drug-likeness (QED) is 0.603. The molecule has 0 aliphatic heterocycles. The van der Waals surface area contributed by atoms with Crippen LogP contribution in [0.5, 0.6) is 5.75 Å². The molecule has 0 amide bonds. The van der Waals surface area contributed by atoms with Crippen molar-refractivity contribution in [2.75, 3.05) is 0 Å². The molecular formula is C16H12F2O2. The van der Waals surface area contributed by atoms with Crippen LogP contribution in [0, 0.1) is 0 Å². The average molecular weight is 274 g/mol. The van der Waals surface area contributed by atoms with Gasteiger partial charge >= 0.3 is 6.61 Å². The highest BCUT2D eigenvalue weighted by Gasteiger charge is 2.12. The smallest absolute Gasteiger partial charge is 0.387 e. The van der Waals surface area contributed by atoms with E-state index in [2.05, 4.69) is 4.74 Å². The van der Waals surface area contributed by atoms with Crippen LogP contribution in [-0.2, 0) is 0 Å². The molecule has 102 valence electrons. The number of carbonyl (C=O) groups excluding carboxylic acids is 1. The topological polar surface area (TPSA) is 26.3 Å². The van der Waals surface area contributed by atoms with Crippen molar-refractivity contribution < 1.29 is 18.3 Å². The number of halogens is 2. The first-order valence-corrected chi connectivity index (χ1v) is 5.98. The summed E-state index contributed by atoms with van der Waals surface area (Å²) in [6.45, 7) is -2.96. The molecular weight excluding hydrogens is 262 g/mol. The Hall–Kier alpha value is -2.49. The van der Waals surface area contributed by atoms with Crippen LogP contribution >= 0.6 is 0 Å². The molecule has 0 radical (unpaired) electrons. The first-order valence-electron chi connectivity index (χ1n) is 5.98. The summed E-state index contributed by atoms with van der Waals surface area (Å²) in [4.78, 5) is 12.0. The molecule has 2 rings (SSSR count). The molecule has 0 fully saturated rings. The van der Waals surface area contributed by atoms with Gasteiger partial charge in [-0.25, -0.2) is 0 Å². The van der Waals surface area contributed by atoms with Crippen molar-refractivity contribution in [3.05, 3.63) is 71.8 Å². The van der Waals surface area contributed by atoms with Gasteiger partial charge in [0.15, 0.2) is 5.78 Å². The number of hydrogen-bond acceptors (Lipinski definition) is 2. The molecule has 0 N–H and O–H groups in total. The van der Waals surface area contributed by atoms with Crippen molar-refractivity contribution in [1.29, 1.82) is 0 Å². The van der Waals surface area contributed by atoms with Crippen LogP contribution < -0.4 is 4.74 Å². The molecule has 0 bridgehead atoms. The van der Waals surface area contributed by atoms with Gasteiger partial charge in [0.05, 0.1) is 5.56 Å². The van der Waals surface area contributed by atoms with Crippen LogP contribution in [0.1, 0.15) is 15.9 Å². The fourth-order valence-electron chi connectivity index (χ4n) is 1.69. The van der Waals surface area contributed by atoms with Crippen LogP contribution in [-0.4, -0.2) is 12.4 Å². The van der Waals surface area contributed by atoms with Crippen molar-refractivity contribution in [3.63, 3.8) is 0 Å². The lowest BCUT2D eigenvalue weighted by molar-refractivity contribution is -0.0501. The Morgan fingerprint density at radius 2 is 1.65 bits per heavy atom. The predicted octanol–water partition coefficient (Wildman–Crippen LogP) is 4.18. The summed E-state index contributed by atoms with van der Waals surface area (Å²) in [5, 5.41) is 0. The Balaban J connectivity index is 2.19. The molecule has 4 heteroatoms. The standard InChI is InChI=1S/C16H12F2O2/c17-16(18)20-15-9-5-4-8-13(15)14(19)11-10-12-6-2-1-3-7-12/h1-11,16H. The third kappa shape index (κ3) is 3.75. The molecule has 2 aromatic carbocycles. The number of alkyl halides is 2. The summed E-state index contributed by atoms with van der Waals surface area (Å²) >= 11 is 0. The highest BCUT2D eigenvalue weighted by atomic mass is 19.3. The number of hydrogen-bond donors (Lipinski definition) is 0. The van der Waals surface area contributed by atoms with Gasteiger partial charge in [0.25, 0.3) is 0 Å². The normalized spacial score (nSPS) is 10.9. The summed E-state index contributed by atoms with van der Waals surface area (Å²) in [5.41, 5.74) is 0.966. The van der Waals surface area contributed by atoms with Gasteiger partial charge in [-0.05, 0) is 23.8 Å². The van der Waals surface area contributed by atoms with E-state index in [9.17, 15) is 13.6 Å². The third-order valence-corrected chi connectivity index (χ3v) is 2.60. The van der Waals surface area contributed by atoms with E-state index in [0.717, 1.165) is 5.56 Å². The van der Waals surface area contributed by atoms with Crippen LogP contribution in [0.25, 0.3) is 6.08 Å². The Bertz CT molecular complexity index is 607. The summed E-state index contributed by atoms with van der Waals surface area (Å²) in [7, 11) is 0. The van der Waals surface area contributed by atoms with E-state index in [1.807, 2.05) is 30.3 Å². The molecule has 0 heterocycles. The summed E-state index contributed by atoms with van der Waals surface area (Å²) in [5.74, 6) is -0.504. The summed E-state index contributed by atoms with van der Waals surface area (Å²) in [6.07, 6.45) is 2.96. The SMILES string of the molecule is O=C(C=Cc1ccccc1)c1ccccc1OC(F)F. The van der Waals surface area contributed by atoms with E-state index < -0.39 is 6.61 Å². The van der Waals surface area contributed by atoms with Crippen molar-refractivity contribution in [2.24, 2.45) is 0 Å². The van der Waals surface area contributed by atoms with Gasteiger partial charge in [0.2, 0.25) is 0 Å². The largest absolute Gasteiger partial charge is 0.434 e. The number of carbonyl (C=O) groups is 1. The average Bonchev–Trinajstić information content (AvgIpc) is 2.46. The number of ether oxygens (including phenoxy) is 1. The monoisotopic (exact) mass is 274 g/mol. The highest BCUT2D eigenvalue weighted by molar-refractivity contribution is 6.08. The minimum Gasteiger partial charge on any atom is -0.434 e. The Labute approximate surface area is 115 Å². The number of rotatable bonds is 5. The highest BCUT2D eigenvalue weighted by Crippen LogP contribution is 2.21. The second-order valence-electron chi connectivity index (χ2n) is 3.98. The van der Waals surface area contributed by atoms with E-state index >= 15 is 0 Å². The van der Waals surface area contributed by atoms with Gasteiger partial charge in [0, 0.05) is 0 Å². The van der Waals surface area contributed by atoms with E-state index in [0.29, 0.717) is 0 Å². The third-order valence-electron chi connectivity index (χ3n) is 2.60. The summed E-state index contributed by atoms with van der Waals surface area (Å²) in [6, 6.07) is 15.2. The molecule has 2 nitrogen and oxygen atoms in total. The minimum absolute atomic E-state index is 0.111. The Morgan fingerprint density at radius 1 is 1.00 bits per heavy atom. The molecule has 0 aromatic heterocycles. The summed E-state index contributed by atoms with van der Waals surface area (Å²) < 4.78 is 28.9. The van der Waals surface area contributed by atoms with Gasteiger partial charge in [-0.3, -0.25) is 4.79 Å². The zero-order chi connectivity index (χ0) is 14.4. The minimum atomic E-state index is -2.96. The van der Waals surface area contributed by atoms with E-state index in [1.165, 1.54) is 24.3 Å². The molecule has 2 aromatic rings. The molecule has 0 aliphatic rings. The maximum absolute atomic E-state index is 12.3. The Kier molecular flexibility index (Phi) is 4.60. The van der Waals surface area contributed by atoms with Crippen molar-refractivity contribution >= 4 is 11.9 Å². The number of allylic oxidation sites excluding steroid dienone is 1. The van der Waals surface area contributed by atoms with E-state index in [1.54, 1.807) is 12.1 Å². The zero-order valence-corrected chi connectivity index (χ0v) is 10.5.